The summed E-state index contributed by atoms with van der Waals surface area (Å²) in [6.45, 7) is 3.26. The minimum absolute atomic E-state index is 0.455. The molecule has 1 aromatic heterocycles. The Bertz CT molecular complexity index is 401. The van der Waals surface area contributed by atoms with Crippen LogP contribution in [0.1, 0.15) is 18.2 Å². The highest BCUT2D eigenvalue weighted by Crippen LogP contribution is 2.21. The standard InChI is InChI=1S/C12H16ClNO2S/c1-2-9(12(15)16)5-7-14-8-6-10-3-4-11(13)17-10/h3-5,14H,2,6-8H2,1H3,(H,15,16)/b9-5-. The number of carboxylic acid groups (broad SMARTS) is 1. The zero-order chi connectivity index (χ0) is 12.7. The van der Waals surface area contributed by atoms with Crippen molar-refractivity contribution in [2.45, 2.75) is 19.8 Å². The highest BCUT2D eigenvalue weighted by Gasteiger charge is 2.02. The number of carboxylic acids is 1. The van der Waals surface area contributed by atoms with Gasteiger partial charge in [0.15, 0.2) is 0 Å². The molecular weight excluding hydrogens is 258 g/mol. The van der Waals surface area contributed by atoms with Gasteiger partial charge in [0.2, 0.25) is 0 Å². The summed E-state index contributed by atoms with van der Waals surface area (Å²) in [5, 5.41) is 12.0. The number of hydrogen-bond donors (Lipinski definition) is 2. The monoisotopic (exact) mass is 273 g/mol. The van der Waals surface area contributed by atoms with Gasteiger partial charge in [0.25, 0.3) is 0 Å². The van der Waals surface area contributed by atoms with Gasteiger partial charge in [-0.3, -0.25) is 0 Å². The molecule has 0 amide bonds. The number of halogens is 1. The van der Waals surface area contributed by atoms with E-state index in [0.717, 1.165) is 17.3 Å². The van der Waals surface area contributed by atoms with Crippen LogP contribution in [0.15, 0.2) is 23.8 Å². The number of aliphatic carboxylic acids is 1. The Morgan fingerprint density at radius 2 is 2.35 bits per heavy atom. The molecule has 0 spiro atoms. The highest BCUT2D eigenvalue weighted by atomic mass is 35.5. The first-order valence-electron chi connectivity index (χ1n) is 5.50. The molecule has 0 unspecified atom stereocenters. The van der Waals surface area contributed by atoms with E-state index in [2.05, 4.69) is 5.32 Å². The fraction of sp³-hybridized carbons (Fsp3) is 0.417. The lowest BCUT2D eigenvalue weighted by atomic mass is 10.2. The molecule has 0 saturated carbocycles. The third kappa shape index (κ3) is 5.35. The largest absolute Gasteiger partial charge is 0.478 e. The van der Waals surface area contributed by atoms with Gasteiger partial charge in [-0.2, -0.15) is 0 Å². The van der Waals surface area contributed by atoms with Gasteiger partial charge in [-0.25, -0.2) is 4.79 Å². The fourth-order valence-electron chi connectivity index (χ4n) is 1.38. The molecule has 0 aromatic carbocycles. The molecule has 0 radical (unpaired) electrons. The van der Waals surface area contributed by atoms with E-state index in [9.17, 15) is 4.79 Å². The van der Waals surface area contributed by atoms with E-state index in [4.69, 9.17) is 16.7 Å². The van der Waals surface area contributed by atoms with Gasteiger partial charge < -0.3 is 10.4 Å². The van der Waals surface area contributed by atoms with Crippen LogP contribution in [0.25, 0.3) is 0 Å². The van der Waals surface area contributed by atoms with E-state index >= 15 is 0 Å². The van der Waals surface area contributed by atoms with Crippen molar-refractivity contribution in [3.63, 3.8) is 0 Å². The molecule has 0 aliphatic heterocycles. The average molecular weight is 274 g/mol. The summed E-state index contributed by atoms with van der Waals surface area (Å²) in [7, 11) is 0. The molecule has 0 atom stereocenters. The van der Waals surface area contributed by atoms with Crippen molar-refractivity contribution in [3.8, 4) is 0 Å². The lowest BCUT2D eigenvalue weighted by molar-refractivity contribution is -0.132. The van der Waals surface area contributed by atoms with E-state index in [1.807, 2.05) is 19.1 Å². The van der Waals surface area contributed by atoms with Crippen LogP contribution in [-0.4, -0.2) is 24.2 Å². The van der Waals surface area contributed by atoms with Crippen LogP contribution in [0.2, 0.25) is 4.34 Å². The van der Waals surface area contributed by atoms with Crippen molar-refractivity contribution >= 4 is 28.9 Å². The van der Waals surface area contributed by atoms with E-state index in [-0.39, 0.29) is 0 Å². The van der Waals surface area contributed by atoms with Crippen LogP contribution in [0, 0.1) is 0 Å². The predicted octanol–water partition coefficient (Wildman–Crippen LogP) is 2.95. The lowest BCUT2D eigenvalue weighted by Crippen LogP contribution is -2.17. The molecule has 1 aromatic rings. The topological polar surface area (TPSA) is 49.3 Å². The molecule has 94 valence electrons. The van der Waals surface area contributed by atoms with Gasteiger partial charge in [-0.05, 0) is 25.0 Å². The van der Waals surface area contributed by atoms with Crippen molar-refractivity contribution in [2.75, 3.05) is 13.1 Å². The van der Waals surface area contributed by atoms with Crippen molar-refractivity contribution in [2.24, 2.45) is 0 Å². The molecule has 0 bridgehead atoms. The highest BCUT2D eigenvalue weighted by molar-refractivity contribution is 7.16. The molecule has 0 aliphatic rings. The van der Waals surface area contributed by atoms with Gasteiger partial charge in [-0.15, -0.1) is 11.3 Å². The van der Waals surface area contributed by atoms with E-state index < -0.39 is 5.97 Å². The van der Waals surface area contributed by atoms with Crippen LogP contribution in [0.4, 0.5) is 0 Å². The Kier molecular flexibility index (Phi) is 6.26. The molecule has 1 heterocycles. The summed E-state index contributed by atoms with van der Waals surface area (Å²) in [4.78, 5) is 11.9. The molecule has 3 nitrogen and oxygen atoms in total. The van der Waals surface area contributed by atoms with Crippen LogP contribution in [0.3, 0.4) is 0 Å². The third-order valence-electron chi connectivity index (χ3n) is 2.33. The Hall–Kier alpha value is -0.840. The van der Waals surface area contributed by atoms with Crippen molar-refractivity contribution in [3.05, 3.63) is 33.0 Å². The number of nitrogens with one attached hydrogen (secondary N) is 1. The number of thiophene rings is 1. The van der Waals surface area contributed by atoms with Gasteiger partial charge >= 0.3 is 5.97 Å². The maximum atomic E-state index is 10.7. The molecule has 5 heteroatoms. The summed E-state index contributed by atoms with van der Waals surface area (Å²) in [5.41, 5.74) is 0.455. The Balaban J connectivity index is 2.22. The molecule has 0 aliphatic carbocycles. The SMILES string of the molecule is CC/C(=C/CNCCc1ccc(Cl)s1)C(=O)O. The second-order valence-corrected chi connectivity index (χ2v) is 5.35. The van der Waals surface area contributed by atoms with Gasteiger partial charge in [0, 0.05) is 23.5 Å². The third-order valence-corrected chi connectivity index (χ3v) is 3.62. The van der Waals surface area contributed by atoms with Crippen molar-refractivity contribution in [1.82, 2.24) is 5.32 Å². The van der Waals surface area contributed by atoms with Gasteiger partial charge in [-0.1, -0.05) is 24.6 Å². The lowest BCUT2D eigenvalue weighted by Gasteiger charge is -2.01. The summed E-state index contributed by atoms with van der Waals surface area (Å²) < 4.78 is 0.805. The zero-order valence-electron chi connectivity index (χ0n) is 9.70. The van der Waals surface area contributed by atoms with E-state index in [1.165, 1.54) is 4.88 Å². The van der Waals surface area contributed by atoms with Crippen LogP contribution < -0.4 is 5.32 Å². The quantitative estimate of drug-likeness (QED) is 0.593. The minimum atomic E-state index is -0.834. The van der Waals surface area contributed by atoms with Gasteiger partial charge in [0.05, 0.1) is 4.34 Å². The molecule has 17 heavy (non-hydrogen) atoms. The fourth-order valence-corrected chi connectivity index (χ4v) is 2.47. The summed E-state index contributed by atoms with van der Waals surface area (Å²) in [6.07, 6.45) is 3.20. The maximum absolute atomic E-state index is 10.7. The molecule has 0 fully saturated rings. The van der Waals surface area contributed by atoms with Crippen molar-refractivity contribution < 1.29 is 9.90 Å². The average Bonchev–Trinajstić information content (AvgIpc) is 2.69. The molecule has 2 N–H and O–H groups in total. The van der Waals surface area contributed by atoms with Gasteiger partial charge in [0.1, 0.15) is 0 Å². The van der Waals surface area contributed by atoms with E-state index in [1.54, 1.807) is 17.4 Å². The molecular formula is C12H16ClNO2S. The smallest absolute Gasteiger partial charge is 0.331 e. The first-order chi connectivity index (χ1) is 8.13. The van der Waals surface area contributed by atoms with E-state index in [0.29, 0.717) is 18.5 Å². The minimum Gasteiger partial charge on any atom is -0.478 e. The Morgan fingerprint density at radius 1 is 1.59 bits per heavy atom. The number of carbonyl (C=O) groups is 1. The molecule has 0 saturated heterocycles. The normalized spacial score (nSPS) is 11.8. The second-order valence-electron chi connectivity index (χ2n) is 3.55. The molecule has 1 rings (SSSR count). The summed E-state index contributed by atoms with van der Waals surface area (Å²) in [6, 6.07) is 3.90. The second kappa shape index (κ2) is 7.48. The first-order valence-corrected chi connectivity index (χ1v) is 6.70. The first kappa shape index (κ1) is 14.2. The van der Waals surface area contributed by atoms with Crippen LogP contribution in [0.5, 0.6) is 0 Å². The Morgan fingerprint density at radius 3 is 2.88 bits per heavy atom. The summed E-state index contributed by atoms with van der Waals surface area (Å²) >= 11 is 7.40. The maximum Gasteiger partial charge on any atom is 0.331 e. The predicted molar refractivity (Wildman–Crippen MR) is 71.9 cm³/mol. The Labute approximate surface area is 110 Å². The van der Waals surface area contributed by atoms with Crippen molar-refractivity contribution in [1.29, 1.82) is 0 Å². The number of hydrogen-bond acceptors (Lipinski definition) is 3. The summed E-state index contributed by atoms with van der Waals surface area (Å²) in [5.74, 6) is -0.834. The number of rotatable bonds is 7. The van der Waals surface area contributed by atoms with Crippen LogP contribution in [-0.2, 0) is 11.2 Å². The van der Waals surface area contributed by atoms with Crippen LogP contribution >= 0.6 is 22.9 Å². The zero-order valence-corrected chi connectivity index (χ0v) is 11.3.